The van der Waals surface area contributed by atoms with Crippen LogP contribution in [0.1, 0.15) is 42.3 Å². The van der Waals surface area contributed by atoms with Gasteiger partial charge in [0, 0.05) is 22.7 Å². The third-order valence-corrected chi connectivity index (χ3v) is 7.66. The molecule has 1 aliphatic heterocycles. The number of H-pyrrole nitrogens is 1. The van der Waals surface area contributed by atoms with Gasteiger partial charge in [0.05, 0.1) is 23.3 Å². The molecule has 2 fully saturated rings. The molecular formula is C23H22N6. The number of hydrogen-bond donors (Lipinski definition) is 3. The summed E-state index contributed by atoms with van der Waals surface area (Å²) in [5.41, 5.74) is 12.0. The Morgan fingerprint density at radius 3 is 2.93 bits per heavy atom. The third-order valence-electron chi connectivity index (χ3n) is 7.66. The number of nitrogens with zero attached hydrogens (tertiary/aromatic N) is 3. The summed E-state index contributed by atoms with van der Waals surface area (Å²) in [5.74, 6) is 3.11. The van der Waals surface area contributed by atoms with Gasteiger partial charge >= 0.3 is 0 Å². The van der Waals surface area contributed by atoms with E-state index in [4.69, 9.17) is 5.73 Å². The highest BCUT2D eigenvalue weighted by Crippen LogP contribution is 2.64. The molecule has 0 radical (unpaired) electrons. The Kier molecular flexibility index (Phi) is 2.97. The van der Waals surface area contributed by atoms with Gasteiger partial charge in [-0.2, -0.15) is 5.10 Å². The molecule has 2 bridgehead atoms. The first-order chi connectivity index (χ1) is 14.3. The van der Waals surface area contributed by atoms with Gasteiger partial charge in [-0.3, -0.25) is 5.10 Å². The summed E-state index contributed by atoms with van der Waals surface area (Å²) >= 11 is 0. The van der Waals surface area contributed by atoms with Crippen molar-refractivity contribution in [2.75, 3.05) is 11.1 Å². The van der Waals surface area contributed by atoms with Crippen LogP contribution in [-0.2, 0) is 0 Å². The molecule has 5 atom stereocenters. The number of anilines is 2. The molecule has 0 spiro atoms. The molecule has 3 heterocycles. The molecule has 5 unspecified atom stereocenters. The van der Waals surface area contributed by atoms with E-state index in [2.05, 4.69) is 55.8 Å². The summed E-state index contributed by atoms with van der Waals surface area (Å²) in [6.07, 6.45) is 7.87. The molecule has 144 valence electrons. The van der Waals surface area contributed by atoms with E-state index in [9.17, 15) is 0 Å². The second kappa shape index (κ2) is 5.47. The van der Waals surface area contributed by atoms with Gasteiger partial charge in [-0.15, -0.1) is 0 Å². The Morgan fingerprint density at radius 2 is 1.97 bits per heavy atom. The van der Waals surface area contributed by atoms with Crippen LogP contribution in [0.4, 0.5) is 11.6 Å². The third kappa shape index (κ3) is 2.09. The van der Waals surface area contributed by atoms with E-state index in [1.165, 1.54) is 41.5 Å². The van der Waals surface area contributed by atoms with E-state index < -0.39 is 0 Å². The van der Waals surface area contributed by atoms with Crippen molar-refractivity contribution in [1.82, 2.24) is 20.2 Å². The van der Waals surface area contributed by atoms with Crippen molar-refractivity contribution < 1.29 is 0 Å². The molecule has 7 rings (SSSR count). The van der Waals surface area contributed by atoms with Gasteiger partial charge in [-0.05, 0) is 72.3 Å². The Hall–Kier alpha value is -3.15. The summed E-state index contributed by atoms with van der Waals surface area (Å²) < 4.78 is 0. The predicted molar refractivity (Wildman–Crippen MR) is 113 cm³/mol. The molecule has 4 N–H and O–H groups in total. The zero-order chi connectivity index (χ0) is 19.1. The van der Waals surface area contributed by atoms with E-state index >= 15 is 0 Å². The lowest BCUT2D eigenvalue weighted by molar-refractivity contribution is 0.249. The van der Waals surface area contributed by atoms with Gasteiger partial charge in [0.1, 0.15) is 0 Å². The molecule has 0 saturated heterocycles. The first-order valence-corrected chi connectivity index (χ1v) is 10.5. The van der Waals surface area contributed by atoms with Crippen LogP contribution in [-0.4, -0.2) is 20.2 Å². The predicted octanol–water partition coefficient (Wildman–Crippen LogP) is 4.38. The minimum Gasteiger partial charge on any atom is -0.378 e. The molecule has 4 aromatic rings. The van der Waals surface area contributed by atoms with Gasteiger partial charge in [-0.25, -0.2) is 9.97 Å². The molecule has 2 aromatic carbocycles. The fraction of sp³-hybridized carbons (Fsp3) is 0.348. The van der Waals surface area contributed by atoms with Crippen molar-refractivity contribution >= 4 is 33.4 Å². The number of nitrogens with one attached hydrogen (secondary N) is 2. The monoisotopic (exact) mass is 382 g/mol. The van der Waals surface area contributed by atoms with Crippen molar-refractivity contribution in [1.29, 1.82) is 0 Å². The molecule has 29 heavy (non-hydrogen) atoms. The summed E-state index contributed by atoms with van der Waals surface area (Å²) in [6.45, 7) is 0. The lowest BCUT2D eigenvalue weighted by Gasteiger charge is -2.43. The quantitative estimate of drug-likeness (QED) is 0.454. The first kappa shape index (κ1) is 15.7. The normalized spacial score (nSPS) is 29.7. The van der Waals surface area contributed by atoms with E-state index in [1.807, 2.05) is 6.20 Å². The van der Waals surface area contributed by atoms with Crippen molar-refractivity contribution in [2.24, 2.45) is 17.8 Å². The summed E-state index contributed by atoms with van der Waals surface area (Å²) in [7, 11) is 0. The summed E-state index contributed by atoms with van der Waals surface area (Å²) in [6, 6.07) is 11.2. The maximum Gasteiger partial charge on any atom is 0.220 e. The fourth-order valence-electron chi connectivity index (χ4n) is 6.59. The molecule has 2 saturated carbocycles. The van der Waals surface area contributed by atoms with E-state index in [-0.39, 0.29) is 0 Å². The standard InChI is InChI=1S/C23H22N6/c24-23-25-9-14-4-3-13(8-18(14)28-23)22-20-12-2-1-11(7-12)19(20)21-15-10-26-29-16(15)5-6-17(21)27-22/h3-6,8-12,19-20,22,27H,1-2,7H2,(H,26,29)(H2,24,25,28). The number of hydrogen-bond acceptors (Lipinski definition) is 5. The van der Waals surface area contributed by atoms with Gasteiger partial charge in [0.15, 0.2) is 0 Å². The van der Waals surface area contributed by atoms with E-state index in [0.717, 1.165) is 28.3 Å². The molecule has 6 heteroatoms. The Morgan fingerprint density at radius 1 is 1.03 bits per heavy atom. The largest absolute Gasteiger partial charge is 0.378 e. The molecule has 2 aromatic heterocycles. The topological polar surface area (TPSA) is 92.5 Å². The molecule has 3 aliphatic rings. The number of nitrogen functional groups attached to an aromatic ring is 1. The highest BCUT2D eigenvalue weighted by atomic mass is 15.1. The number of benzene rings is 2. The maximum absolute atomic E-state index is 5.85. The lowest BCUT2D eigenvalue weighted by Crippen LogP contribution is -2.35. The molecule has 2 aliphatic carbocycles. The number of nitrogens with two attached hydrogens (primary N) is 1. The number of rotatable bonds is 1. The van der Waals surface area contributed by atoms with Crippen molar-refractivity contribution in [3.63, 3.8) is 0 Å². The zero-order valence-electron chi connectivity index (χ0n) is 16.0. The van der Waals surface area contributed by atoms with Gasteiger partial charge in [-0.1, -0.05) is 12.1 Å². The van der Waals surface area contributed by atoms with Crippen molar-refractivity contribution in [2.45, 2.75) is 31.2 Å². The zero-order valence-corrected chi connectivity index (χ0v) is 16.0. The highest BCUT2D eigenvalue weighted by Gasteiger charge is 2.54. The smallest absolute Gasteiger partial charge is 0.220 e. The molecular weight excluding hydrogens is 360 g/mol. The van der Waals surface area contributed by atoms with Crippen LogP contribution in [0.2, 0.25) is 0 Å². The SMILES string of the molecule is Nc1ncc2ccc(C3Nc4ccc5[nH]ncc5c4C4C5CCC(C5)C34)cc2n1. The average Bonchev–Trinajstić information content (AvgIpc) is 3.48. The molecule has 6 nitrogen and oxygen atoms in total. The Labute approximate surface area is 167 Å². The second-order valence-corrected chi connectivity index (χ2v) is 8.96. The van der Waals surface area contributed by atoms with Gasteiger partial charge in [0.2, 0.25) is 5.95 Å². The average molecular weight is 382 g/mol. The minimum absolute atomic E-state index is 0.299. The van der Waals surface area contributed by atoms with E-state index in [1.54, 1.807) is 6.20 Å². The van der Waals surface area contributed by atoms with Crippen LogP contribution in [0.25, 0.3) is 21.8 Å². The fourth-order valence-corrected chi connectivity index (χ4v) is 6.59. The lowest BCUT2D eigenvalue weighted by atomic mass is 9.67. The Bertz CT molecular complexity index is 1280. The summed E-state index contributed by atoms with van der Waals surface area (Å²) in [4.78, 5) is 8.60. The number of aromatic nitrogens is 4. The van der Waals surface area contributed by atoms with Crippen LogP contribution < -0.4 is 11.1 Å². The number of fused-ring (bicyclic) bond motifs is 10. The van der Waals surface area contributed by atoms with Crippen LogP contribution in [0.15, 0.2) is 42.7 Å². The first-order valence-electron chi connectivity index (χ1n) is 10.5. The maximum atomic E-state index is 5.85. The van der Waals surface area contributed by atoms with Gasteiger partial charge in [0.25, 0.3) is 0 Å². The van der Waals surface area contributed by atoms with Crippen molar-refractivity contribution in [3.8, 4) is 0 Å². The van der Waals surface area contributed by atoms with Crippen molar-refractivity contribution in [3.05, 3.63) is 53.9 Å². The molecule has 0 amide bonds. The van der Waals surface area contributed by atoms with E-state index in [0.29, 0.717) is 23.8 Å². The number of aromatic amines is 1. The van der Waals surface area contributed by atoms with Crippen LogP contribution in [0.3, 0.4) is 0 Å². The van der Waals surface area contributed by atoms with Gasteiger partial charge < -0.3 is 11.1 Å². The summed E-state index contributed by atoms with van der Waals surface area (Å²) in [5, 5.41) is 13.7. The highest BCUT2D eigenvalue weighted by molar-refractivity contribution is 5.89. The second-order valence-electron chi connectivity index (χ2n) is 8.96. The van der Waals surface area contributed by atoms with Crippen LogP contribution in [0.5, 0.6) is 0 Å². The van der Waals surface area contributed by atoms with Crippen LogP contribution in [0, 0.1) is 17.8 Å². The Balaban J connectivity index is 1.42. The van der Waals surface area contributed by atoms with Crippen LogP contribution >= 0.6 is 0 Å². The minimum atomic E-state index is 0.299.